The van der Waals surface area contributed by atoms with E-state index in [1.54, 1.807) is 12.1 Å². The van der Waals surface area contributed by atoms with Crippen molar-refractivity contribution in [3.05, 3.63) is 23.2 Å². The zero-order valence-electron chi connectivity index (χ0n) is 11.4. The highest BCUT2D eigenvalue weighted by atomic mass is 35.5. The van der Waals surface area contributed by atoms with Crippen LogP contribution in [-0.4, -0.2) is 49.2 Å². The molecule has 1 saturated heterocycles. The van der Waals surface area contributed by atoms with E-state index in [1.165, 1.54) is 21.7 Å². The van der Waals surface area contributed by atoms with Gasteiger partial charge in [-0.1, -0.05) is 29.0 Å². The average molecular weight is 361 g/mol. The van der Waals surface area contributed by atoms with Crippen LogP contribution in [0.4, 0.5) is 5.13 Å². The lowest BCUT2D eigenvalue weighted by molar-refractivity contribution is 0.0730. The van der Waals surface area contributed by atoms with Crippen LogP contribution in [0.1, 0.15) is 0 Å². The van der Waals surface area contributed by atoms with Crippen LogP contribution in [0.5, 0.6) is 0 Å². The van der Waals surface area contributed by atoms with E-state index in [9.17, 15) is 8.42 Å². The number of rotatable bonds is 3. The number of halogens is 1. The summed E-state index contributed by atoms with van der Waals surface area (Å²) in [5, 5.41) is 8.70. The summed E-state index contributed by atoms with van der Waals surface area (Å²) in [7, 11) is -3.67. The molecule has 0 bridgehead atoms. The summed E-state index contributed by atoms with van der Waals surface area (Å²) in [6.07, 6.45) is 0. The molecule has 1 aromatic carbocycles. The Kier molecular flexibility index (Phi) is 4.33. The maximum absolute atomic E-state index is 12.7. The molecule has 1 aliphatic heterocycles. The second-order valence-corrected chi connectivity index (χ2v) is 7.93. The van der Waals surface area contributed by atoms with E-state index in [1.807, 2.05) is 0 Å². The average Bonchev–Trinajstić information content (AvgIpc) is 2.95. The molecule has 0 unspecified atom stereocenters. The molecule has 7 nitrogen and oxygen atoms in total. The molecule has 22 heavy (non-hydrogen) atoms. The molecule has 0 aliphatic carbocycles. The smallest absolute Gasteiger partial charge is 0.244 e. The molecule has 2 aromatic rings. The number of aromatic nitrogens is 2. The molecule has 2 N–H and O–H groups in total. The lowest BCUT2D eigenvalue weighted by Crippen LogP contribution is -2.40. The second kappa shape index (κ2) is 6.09. The van der Waals surface area contributed by atoms with E-state index in [0.717, 1.165) is 0 Å². The van der Waals surface area contributed by atoms with Gasteiger partial charge in [0.05, 0.1) is 18.2 Å². The van der Waals surface area contributed by atoms with Crippen molar-refractivity contribution in [1.29, 1.82) is 0 Å². The number of sulfonamides is 1. The molecule has 2 heterocycles. The van der Waals surface area contributed by atoms with Crippen molar-refractivity contribution in [2.45, 2.75) is 4.90 Å². The summed E-state index contributed by atoms with van der Waals surface area (Å²) in [4.78, 5) is 0.0577. The Bertz CT molecular complexity index is 787. The number of hydrogen-bond acceptors (Lipinski definition) is 7. The predicted octanol–water partition coefficient (Wildman–Crippen LogP) is 1.46. The molecule has 0 amide bonds. The number of anilines is 1. The van der Waals surface area contributed by atoms with Gasteiger partial charge in [-0.3, -0.25) is 0 Å². The Balaban J connectivity index is 2.02. The number of nitrogens with two attached hydrogens (primary N) is 1. The van der Waals surface area contributed by atoms with Gasteiger partial charge in [0.1, 0.15) is 9.90 Å². The number of morpholine rings is 1. The molecule has 1 aromatic heterocycles. The van der Waals surface area contributed by atoms with Crippen LogP contribution in [-0.2, 0) is 14.8 Å². The van der Waals surface area contributed by atoms with Crippen molar-refractivity contribution < 1.29 is 13.2 Å². The first-order chi connectivity index (χ1) is 10.5. The maximum atomic E-state index is 12.7. The Labute approximate surface area is 136 Å². The fourth-order valence-corrected chi connectivity index (χ4v) is 4.63. The summed E-state index contributed by atoms with van der Waals surface area (Å²) >= 11 is 7.28. The van der Waals surface area contributed by atoms with Gasteiger partial charge in [-0.25, -0.2) is 8.42 Å². The lowest BCUT2D eigenvalue weighted by atomic mass is 10.2. The van der Waals surface area contributed by atoms with Gasteiger partial charge in [0, 0.05) is 18.7 Å². The third-order valence-corrected chi connectivity index (χ3v) is 6.39. The van der Waals surface area contributed by atoms with Gasteiger partial charge in [0.25, 0.3) is 0 Å². The minimum Gasteiger partial charge on any atom is -0.379 e. The van der Waals surface area contributed by atoms with E-state index in [4.69, 9.17) is 22.1 Å². The van der Waals surface area contributed by atoms with Crippen LogP contribution in [0.25, 0.3) is 10.6 Å². The van der Waals surface area contributed by atoms with Crippen molar-refractivity contribution >= 4 is 38.1 Å². The van der Waals surface area contributed by atoms with Crippen LogP contribution >= 0.6 is 22.9 Å². The van der Waals surface area contributed by atoms with Gasteiger partial charge in [0.2, 0.25) is 15.2 Å². The fourth-order valence-electron chi connectivity index (χ4n) is 2.11. The second-order valence-electron chi connectivity index (χ2n) is 4.61. The first-order valence-corrected chi connectivity index (χ1v) is 9.09. The monoisotopic (exact) mass is 360 g/mol. The molecule has 0 spiro atoms. The van der Waals surface area contributed by atoms with Crippen molar-refractivity contribution in [3.63, 3.8) is 0 Å². The topological polar surface area (TPSA) is 98.4 Å². The zero-order valence-corrected chi connectivity index (χ0v) is 13.8. The third-order valence-electron chi connectivity index (χ3n) is 3.21. The van der Waals surface area contributed by atoms with E-state index >= 15 is 0 Å². The van der Waals surface area contributed by atoms with Crippen molar-refractivity contribution in [2.24, 2.45) is 0 Å². The number of benzene rings is 1. The Morgan fingerprint density at radius 1 is 1.27 bits per heavy atom. The van der Waals surface area contributed by atoms with Gasteiger partial charge in [-0.05, 0) is 12.1 Å². The van der Waals surface area contributed by atoms with Crippen LogP contribution in [0, 0.1) is 0 Å². The third kappa shape index (κ3) is 2.95. The number of hydrogen-bond donors (Lipinski definition) is 1. The van der Waals surface area contributed by atoms with Crippen LogP contribution < -0.4 is 5.73 Å². The molecule has 3 rings (SSSR count). The number of ether oxygens (including phenoxy) is 1. The van der Waals surface area contributed by atoms with E-state index < -0.39 is 10.0 Å². The molecule has 1 fully saturated rings. The highest BCUT2D eigenvalue weighted by molar-refractivity contribution is 7.89. The van der Waals surface area contributed by atoms with Gasteiger partial charge in [-0.2, -0.15) is 4.31 Å². The normalized spacial score (nSPS) is 16.8. The number of nitrogen functional groups attached to an aromatic ring is 1. The quantitative estimate of drug-likeness (QED) is 0.889. The molecule has 0 atom stereocenters. The maximum Gasteiger partial charge on any atom is 0.244 e. The predicted molar refractivity (Wildman–Crippen MR) is 84.3 cm³/mol. The minimum atomic E-state index is -3.67. The zero-order chi connectivity index (χ0) is 15.7. The number of nitrogens with zero attached hydrogens (tertiary/aromatic N) is 3. The summed E-state index contributed by atoms with van der Waals surface area (Å²) in [6.45, 7) is 1.39. The summed E-state index contributed by atoms with van der Waals surface area (Å²) in [6, 6.07) is 4.75. The van der Waals surface area contributed by atoms with Crippen LogP contribution in [0.2, 0.25) is 5.02 Å². The first-order valence-electron chi connectivity index (χ1n) is 6.45. The van der Waals surface area contributed by atoms with Crippen molar-refractivity contribution in [2.75, 3.05) is 32.0 Å². The minimum absolute atomic E-state index is 0.0577. The lowest BCUT2D eigenvalue weighted by Gasteiger charge is -2.26. The summed E-state index contributed by atoms with van der Waals surface area (Å²) < 4.78 is 32.0. The van der Waals surface area contributed by atoms with Crippen LogP contribution in [0.3, 0.4) is 0 Å². The Morgan fingerprint density at radius 2 is 2.00 bits per heavy atom. The van der Waals surface area contributed by atoms with Crippen LogP contribution in [0.15, 0.2) is 23.1 Å². The Hall–Kier alpha value is -1.26. The highest BCUT2D eigenvalue weighted by Gasteiger charge is 2.28. The largest absolute Gasteiger partial charge is 0.379 e. The molecular formula is C12H13ClN4O3S2. The standard InChI is InChI=1S/C12H13ClN4O3S2/c13-9-2-1-8(11-15-16-12(14)21-11)7-10(9)22(18,19)17-3-5-20-6-4-17/h1-2,7H,3-6H2,(H2,14,16). The summed E-state index contributed by atoms with van der Waals surface area (Å²) in [5.41, 5.74) is 6.18. The molecule has 1 aliphatic rings. The SMILES string of the molecule is Nc1nnc(-c2ccc(Cl)c(S(=O)(=O)N3CCOCC3)c2)s1. The highest BCUT2D eigenvalue weighted by Crippen LogP contribution is 2.32. The van der Waals surface area contributed by atoms with Gasteiger partial charge in [0.15, 0.2) is 0 Å². The van der Waals surface area contributed by atoms with E-state index in [0.29, 0.717) is 42.0 Å². The van der Waals surface area contributed by atoms with Crippen molar-refractivity contribution in [1.82, 2.24) is 14.5 Å². The van der Waals surface area contributed by atoms with Crippen molar-refractivity contribution in [3.8, 4) is 10.6 Å². The van der Waals surface area contributed by atoms with E-state index in [-0.39, 0.29) is 9.92 Å². The Morgan fingerprint density at radius 3 is 2.64 bits per heavy atom. The molecule has 0 saturated carbocycles. The summed E-state index contributed by atoms with van der Waals surface area (Å²) in [5.74, 6) is 0. The van der Waals surface area contributed by atoms with Gasteiger partial charge in [-0.15, -0.1) is 10.2 Å². The van der Waals surface area contributed by atoms with Gasteiger partial charge < -0.3 is 10.5 Å². The molecule has 10 heteroatoms. The molecular weight excluding hydrogens is 348 g/mol. The van der Waals surface area contributed by atoms with E-state index in [2.05, 4.69) is 10.2 Å². The fraction of sp³-hybridized carbons (Fsp3) is 0.333. The van der Waals surface area contributed by atoms with Gasteiger partial charge >= 0.3 is 0 Å². The first kappa shape index (κ1) is 15.6. The molecule has 118 valence electrons. The molecule has 0 radical (unpaired) electrons.